The van der Waals surface area contributed by atoms with Crippen molar-refractivity contribution in [2.24, 2.45) is 5.84 Å². The van der Waals surface area contributed by atoms with E-state index in [2.05, 4.69) is 10.4 Å². The lowest BCUT2D eigenvalue weighted by atomic mass is 10.1. The summed E-state index contributed by atoms with van der Waals surface area (Å²) in [6.45, 7) is 3.85. The number of nitrogen functional groups attached to an aromatic ring is 1. The van der Waals surface area contributed by atoms with Crippen LogP contribution in [0.1, 0.15) is 18.2 Å². The molecule has 0 atom stereocenters. The van der Waals surface area contributed by atoms with E-state index in [-0.39, 0.29) is 5.52 Å². The van der Waals surface area contributed by atoms with E-state index in [1.807, 2.05) is 13.8 Å². The lowest BCUT2D eigenvalue weighted by Gasteiger charge is -2.14. The number of halogens is 2. The lowest BCUT2D eigenvalue weighted by Crippen LogP contribution is -2.11. The molecular formula is C12H13ClFN3. The average Bonchev–Trinajstić information content (AvgIpc) is 2.33. The number of hydrogen-bond donors (Lipinski definition) is 2. The van der Waals surface area contributed by atoms with Gasteiger partial charge in [-0.3, -0.25) is 5.84 Å². The van der Waals surface area contributed by atoms with Crippen LogP contribution in [0, 0.1) is 12.7 Å². The maximum absolute atomic E-state index is 13.7. The van der Waals surface area contributed by atoms with Gasteiger partial charge in [0.1, 0.15) is 11.3 Å². The van der Waals surface area contributed by atoms with Crippen molar-refractivity contribution in [1.82, 2.24) is 4.98 Å². The molecule has 0 saturated carbocycles. The second kappa shape index (κ2) is 4.47. The van der Waals surface area contributed by atoms with E-state index >= 15 is 0 Å². The highest BCUT2D eigenvalue weighted by Gasteiger charge is 2.15. The Labute approximate surface area is 104 Å². The Morgan fingerprint density at radius 1 is 1.47 bits per heavy atom. The summed E-state index contributed by atoms with van der Waals surface area (Å²) in [5, 5.41) is 0.969. The first-order valence-electron chi connectivity index (χ1n) is 5.34. The number of rotatable bonds is 2. The maximum Gasteiger partial charge on any atom is 0.149 e. The third-order valence-corrected chi connectivity index (χ3v) is 3.18. The van der Waals surface area contributed by atoms with Crippen molar-refractivity contribution in [3.8, 4) is 0 Å². The normalized spacial score (nSPS) is 10.9. The topological polar surface area (TPSA) is 50.9 Å². The van der Waals surface area contributed by atoms with Gasteiger partial charge in [0.25, 0.3) is 0 Å². The summed E-state index contributed by atoms with van der Waals surface area (Å²) < 4.78 is 13.7. The van der Waals surface area contributed by atoms with Crippen molar-refractivity contribution in [1.29, 1.82) is 0 Å². The van der Waals surface area contributed by atoms with Gasteiger partial charge in [-0.15, -0.1) is 0 Å². The number of pyridine rings is 1. The molecule has 3 N–H and O–H groups in total. The number of fused-ring (bicyclic) bond motifs is 1. The molecule has 1 aromatic heterocycles. The molecule has 2 rings (SSSR count). The first-order chi connectivity index (χ1) is 8.10. The number of hydrogen-bond acceptors (Lipinski definition) is 3. The molecule has 0 bridgehead atoms. The predicted molar refractivity (Wildman–Crippen MR) is 68.6 cm³/mol. The zero-order chi connectivity index (χ0) is 12.6. The van der Waals surface area contributed by atoms with Crippen LogP contribution in [-0.2, 0) is 6.42 Å². The van der Waals surface area contributed by atoms with E-state index in [0.717, 1.165) is 11.3 Å². The number of nitrogens with one attached hydrogen (secondary N) is 1. The number of aryl methyl sites for hydroxylation is 1. The molecule has 3 nitrogen and oxygen atoms in total. The second-order valence-corrected chi connectivity index (χ2v) is 4.22. The fraction of sp³-hybridized carbons (Fsp3) is 0.250. The van der Waals surface area contributed by atoms with Gasteiger partial charge in [-0.05, 0) is 31.0 Å². The van der Waals surface area contributed by atoms with Crippen molar-refractivity contribution >= 4 is 28.2 Å². The summed E-state index contributed by atoms with van der Waals surface area (Å²) in [4.78, 5) is 4.31. The van der Waals surface area contributed by atoms with E-state index in [1.54, 1.807) is 0 Å². The van der Waals surface area contributed by atoms with Crippen LogP contribution >= 0.6 is 11.6 Å². The molecule has 1 aromatic carbocycles. The van der Waals surface area contributed by atoms with Crippen molar-refractivity contribution in [3.63, 3.8) is 0 Å². The van der Waals surface area contributed by atoms with Gasteiger partial charge >= 0.3 is 0 Å². The molecule has 0 unspecified atom stereocenters. The second-order valence-electron chi connectivity index (χ2n) is 3.81. The van der Waals surface area contributed by atoms with Gasteiger partial charge < -0.3 is 5.43 Å². The summed E-state index contributed by atoms with van der Waals surface area (Å²) in [7, 11) is 0. The van der Waals surface area contributed by atoms with Crippen molar-refractivity contribution in [3.05, 3.63) is 34.2 Å². The molecule has 1 heterocycles. The Morgan fingerprint density at radius 3 is 2.76 bits per heavy atom. The zero-order valence-corrected chi connectivity index (χ0v) is 10.4. The third kappa shape index (κ3) is 1.83. The van der Waals surface area contributed by atoms with Crippen LogP contribution in [0.4, 0.5) is 10.1 Å². The standard InChI is InChI=1S/C12H13ClFN3/c1-3-9-6(2)11(17-15)10-7(13)4-5-8(14)12(10)16-9/h4-5H,3,15H2,1-2H3,(H,16,17). The first-order valence-corrected chi connectivity index (χ1v) is 5.71. The Hall–Kier alpha value is -1.39. The molecule has 90 valence electrons. The summed E-state index contributed by atoms with van der Waals surface area (Å²) in [6, 6.07) is 2.82. The fourth-order valence-electron chi connectivity index (χ4n) is 1.96. The number of nitrogens with two attached hydrogens (primary N) is 1. The highest BCUT2D eigenvalue weighted by molar-refractivity contribution is 6.36. The van der Waals surface area contributed by atoms with E-state index in [9.17, 15) is 4.39 Å². The lowest BCUT2D eigenvalue weighted by molar-refractivity contribution is 0.636. The van der Waals surface area contributed by atoms with Crippen LogP contribution in [-0.4, -0.2) is 4.98 Å². The Kier molecular flexibility index (Phi) is 3.17. The van der Waals surface area contributed by atoms with Crippen LogP contribution in [0.2, 0.25) is 5.02 Å². The molecule has 0 fully saturated rings. The van der Waals surface area contributed by atoms with E-state index in [1.165, 1.54) is 12.1 Å². The smallest absolute Gasteiger partial charge is 0.149 e. The highest BCUT2D eigenvalue weighted by atomic mass is 35.5. The van der Waals surface area contributed by atoms with Crippen LogP contribution in [0.5, 0.6) is 0 Å². The molecule has 0 radical (unpaired) electrons. The highest BCUT2D eigenvalue weighted by Crippen LogP contribution is 2.34. The summed E-state index contributed by atoms with van der Waals surface area (Å²) in [5.74, 6) is 5.11. The minimum absolute atomic E-state index is 0.257. The predicted octanol–water partition coefficient (Wildman–Crippen LogP) is 3.18. The van der Waals surface area contributed by atoms with Crippen molar-refractivity contribution in [2.75, 3.05) is 5.43 Å². The Morgan fingerprint density at radius 2 is 2.18 bits per heavy atom. The number of hydrazine groups is 1. The Balaban J connectivity index is 2.97. The Bertz CT molecular complexity index is 584. The zero-order valence-electron chi connectivity index (χ0n) is 9.64. The number of benzene rings is 1. The number of nitrogens with zero attached hydrogens (tertiary/aromatic N) is 1. The van der Waals surface area contributed by atoms with Gasteiger partial charge in [0, 0.05) is 11.1 Å². The molecular weight excluding hydrogens is 241 g/mol. The average molecular weight is 254 g/mol. The minimum atomic E-state index is -0.393. The third-order valence-electron chi connectivity index (χ3n) is 2.86. The SMILES string of the molecule is CCc1nc2c(F)ccc(Cl)c2c(NN)c1C. The maximum atomic E-state index is 13.7. The van der Waals surface area contributed by atoms with E-state index in [0.29, 0.717) is 22.5 Å². The molecule has 0 aliphatic rings. The minimum Gasteiger partial charge on any atom is -0.323 e. The molecule has 2 aromatic rings. The molecule has 0 aliphatic heterocycles. The monoisotopic (exact) mass is 253 g/mol. The molecule has 5 heteroatoms. The van der Waals surface area contributed by atoms with Gasteiger partial charge in [0.2, 0.25) is 0 Å². The molecule has 0 spiro atoms. The van der Waals surface area contributed by atoms with Crippen molar-refractivity contribution < 1.29 is 4.39 Å². The van der Waals surface area contributed by atoms with Crippen LogP contribution in [0.25, 0.3) is 10.9 Å². The summed E-state index contributed by atoms with van der Waals surface area (Å²) in [6.07, 6.45) is 0.711. The first kappa shape index (κ1) is 12.1. The summed E-state index contributed by atoms with van der Waals surface area (Å²) >= 11 is 6.08. The van der Waals surface area contributed by atoms with Crippen LogP contribution < -0.4 is 11.3 Å². The van der Waals surface area contributed by atoms with Gasteiger partial charge in [-0.2, -0.15) is 0 Å². The molecule has 0 amide bonds. The van der Waals surface area contributed by atoms with Gasteiger partial charge in [-0.25, -0.2) is 9.37 Å². The number of aromatic nitrogens is 1. The van der Waals surface area contributed by atoms with Crippen LogP contribution in [0.3, 0.4) is 0 Å². The molecule has 0 aliphatic carbocycles. The van der Waals surface area contributed by atoms with Gasteiger partial charge in [0.15, 0.2) is 0 Å². The van der Waals surface area contributed by atoms with Gasteiger partial charge in [-0.1, -0.05) is 18.5 Å². The number of anilines is 1. The van der Waals surface area contributed by atoms with Gasteiger partial charge in [0.05, 0.1) is 10.7 Å². The van der Waals surface area contributed by atoms with Crippen molar-refractivity contribution in [2.45, 2.75) is 20.3 Å². The van der Waals surface area contributed by atoms with Crippen LogP contribution in [0.15, 0.2) is 12.1 Å². The molecule has 17 heavy (non-hydrogen) atoms. The molecule has 0 saturated heterocycles. The van der Waals surface area contributed by atoms with E-state index < -0.39 is 5.82 Å². The fourth-order valence-corrected chi connectivity index (χ4v) is 2.21. The summed E-state index contributed by atoms with van der Waals surface area (Å²) in [5.41, 5.74) is 5.19. The largest absolute Gasteiger partial charge is 0.323 e. The van der Waals surface area contributed by atoms with E-state index in [4.69, 9.17) is 17.4 Å². The quantitative estimate of drug-likeness (QED) is 0.638.